The van der Waals surface area contributed by atoms with Gasteiger partial charge in [0.2, 0.25) is 5.91 Å². The van der Waals surface area contributed by atoms with Gasteiger partial charge in [-0.05, 0) is 55.9 Å². The molecule has 1 heterocycles. The highest BCUT2D eigenvalue weighted by Gasteiger charge is 2.49. The van der Waals surface area contributed by atoms with Crippen molar-refractivity contribution in [2.75, 3.05) is 12.8 Å². The molecule has 0 aromatic heterocycles. The van der Waals surface area contributed by atoms with Gasteiger partial charge >= 0.3 is 6.03 Å². The van der Waals surface area contributed by atoms with Crippen molar-refractivity contribution in [3.8, 4) is 0 Å². The number of carbonyl (C=O) groups excluding carboxylic acids is 3. The number of urea groups is 1. The molecule has 2 N–H and O–H groups in total. The molecule has 1 saturated carbocycles. The fourth-order valence-corrected chi connectivity index (χ4v) is 4.74. The average molecular weight is 470 g/mol. The lowest BCUT2D eigenvalue weighted by Crippen LogP contribution is -2.44. The molecule has 2 aromatic rings. The van der Waals surface area contributed by atoms with Crippen LogP contribution in [0.25, 0.3) is 0 Å². The van der Waals surface area contributed by atoms with E-state index in [1.54, 1.807) is 6.92 Å². The number of amides is 4. The van der Waals surface area contributed by atoms with Gasteiger partial charge in [-0.1, -0.05) is 42.0 Å². The van der Waals surface area contributed by atoms with E-state index < -0.39 is 39.8 Å². The molecular formula is C24H27N3O5S. The molecule has 2 aromatic carbocycles. The van der Waals surface area contributed by atoms with Crippen LogP contribution in [-0.2, 0) is 25.0 Å². The van der Waals surface area contributed by atoms with E-state index in [0.29, 0.717) is 11.5 Å². The minimum atomic E-state index is -3.39. The predicted molar refractivity (Wildman–Crippen MR) is 122 cm³/mol. The molecule has 2 atom stereocenters. The second-order valence-electron chi connectivity index (χ2n) is 9.04. The van der Waals surface area contributed by atoms with Crippen LogP contribution in [0.15, 0.2) is 53.4 Å². The van der Waals surface area contributed by atoms with Crippen molar-refractivity contribution in [1.29, 1.82) is 0 Å². The number of hydrogen-bond donors (Lipinski definition) is 2. The summed E-state index contributed by atoms with van der Waals surface area (Å²) in [4.78, 5) is 39.6. The third-order valence-corrected chi connectivity index (χ3v) is 7.41. The van der Waals surface area contributed by atoms with Crippen molar-refractivity contribution in [1.82, 2.24) is 15.5 Å². The number of sulfone groups is 1. The second kappa shape index (κ2) is 8.30. The van der Waals surface area contributed by atoms with Crippen LogP contribution < -0.4 is 10.6 Å². The number of hydrogen-bond acceptors (Lipinski definition) is 5. The maximum atomic E-state index is 13.1. The van der Waals surface area contributed by atoms with Crippen molar-refractivity contribution in [3.63, 3.8) is 0 Å². The average Bonchev–Trinajstić information content (AvgIpc) is 3.57. The van der Waals surface area contributed by atoms with Crippen LogP contribution in [0.5, 0.6) is 0 Å². The molecule has 9 heteroatoms. The van der Waals surface area contributed by atoms with Gasteiger partial charge in [0.25, 0.3) is 5.91 Å². The van der Waals surface area contributed by atoms with Crippen LogP contribution in [0.2, 0.25) is 0 Å². The van der Waals surface area contributed by atoms with E-state index in [4.69, 9.17) is 0 Å². The van der Waals surface area contributed by atoms with Gasteiger partial charge in [0.15, 0.2) is 9.84 Å². The quantitative estimate of drug-likeness (QED) is 0.605. The summed E-state index contributed by atoms with van der Waals surface area (Å²) in [7, 11) is -3.39. The Kier molecular flexibility index (Phi) is 5.78. The van der Waals surface area contributed by atoms with Crippen LogP contribution in [0, 0.1) is 12.8 Å². The minimum absolute atomic E-state index is 0.116. The fraction of sp³-hybridized carbons (Fsp3) is 0.375. The summed E-state index contributed by atoms with van der Waals surface area (Å²) in [6.45, 7) is 3.15. The molecule has 0 bridgehead atoms. The Bertz CT molecular complexity index is 1200. The van der Waals surface area contributed by atoms with Gasteiger partial charge < -0.3 is 10.6 Å². The van der Waals surface area contributed by atoms with E-state index in [9.17, 15) is 22.8 Å². The first-order valence-electron chi connectivity index (χ1n) is 10.8. The van der Waals surface area contributed by atoms with Crippen molar-refractivity contribution in [3.05, 3.63) is 65.2 Å². The smallest absolute Gasteiger partial charge is 0.325 e. The van der Waals surface area contributed by atoms with Gasteiger partial charge in [-0.3, -0.25) is 14.5 Å². The lowest BCUT2D eigenvalue weighted by Gasteiger charge is -2.23. The topological polar surface area (TPSA) is 113 Å². The highest BCUT2D eigenvalue weighted by Crippen LogP contribution is 2.41. The zero-order valence-electron chi connectivity index (χ0n) is 18.8. The number of aryl methyl sites for hydroxylation is 1. The number of nitrogens with zero attached hydrogens (tertiary/aromatic N) is 1. The molecule has 4 rings (SSSR count). The van der Waals surface area contributed by atoms with E-state index in [1.165, 1.54) is 24.3 Å². The number of rotatable bonds is 7. The molecule has 2 unspecified atom stereocenters. The molecule has 1 aliphatic carbocycles. The summed E-state index contributed by atoms with van der Waals surface area (Å²) in [5.74, 6) is -0.626. The molecule has 0 spiro atoms. The van der Waals surface area contributed by atoms with E-state index in [1.807, 2.05) is 31.2 Å². The molecule has 33 heavy (non-hydrogen) atoms. The lowest BCUT2D eigenvalue weighted by molar-refractivity contribution is -0.135. The zero-order chi connectivity index (χ0) is 24.0. The molecule has 1 aliphatic heterocycles. The van der Waals surface area contributed by atoms with Crippen LogP contribution in [0.3, 0.4) is 0 Å². The highest BCUT2D eigenvalue weighted by molar-refractivity contribution is 7.90. The Morgan fingerprint density at radius 3 is 2.27 bits per heavy atom. The molecule has 174 valence electrons. The summed E-state index contributed by atoms with van der Waals surface area (Å²) in [5.41, 5.74) is 1.18. The third kappa shape index (κ3) is 4.64. The predicted octanol–water partition coefficient (Wildman–Crippen LogP) is 2.43. The Balaban J connectivity index is 1.48. The highest BCUT2D eigenvalue weighted by atomic mass is 32.2. The Morgan fingerprint density at radius 1 is 1.12 bits per heavy atom. The SMILES string of the molecule is Cc1ccc(C(NC(=O)CN2C(=O)NC(C)(c3ccc(S(C)(=O)=O)cc3)C2=O)C2CC2)cc1. The van der Waals surface area contributed by atoms with Crippen molar-refractivity contribution < 1.29 is 22.8 Å². The summed E-state index contributed by atoms with van der Waals surface area (Å²) in [6, 6.07) is 12.9. The molecule has 8 nitrogen and oxygen atoms in total. The van der Waals surface area contributed by atoms with Gasteiger partial charge in [-0.25, -0.2) is 13.2 Å². The normalized spacial score (nSPS) is 21.6. The summed E-state index contributed by atoms with van der Waals surface area (Å²) in [6.07, 6.45) is 3.13. The van der Waals surface area contributed by atoms with Gasteiger partial charge in [0.1, 0.15) is 12.1 Å². The first kappa shape index (κ1) is 23.0. The molecule has 0 radical (unpaired) electrons. The number of nitrogens with one attached hydrogen (secondary N) is 2. The summed E-state index contributed by atoms with van der Waals surface area (Å²) in [5, 5.41) is 5.64. The Labute approximate surface area is 193 Å². The summed E-state index contributed by atoms with van der Waals surface area (Å²) >= 11 is 0. The van der Waals surface area contributed by atoms with Gasteiger partial charge in [0, 0.05) is 6.26 Å². The van der Waals surface area contributed by atoms with Crippen molar-refractivity contribution in [2.24, 2.45) is 5.92 Å². The zero-order valence-corrected chi connectivity index (χ0v) is 19.6. The second-order valence-corrected chi connectivity index (χ2v) is 11.1. The Morgan fingerprint density at radius 2 is 1.73 bits per heavy atom. The maximum absolute atomic E-state index is 13.1. The molecule has 2 aliphatic rings. The van der Waals surface area contributed by atoms with Gasteiger partial charge in [-0.15, -0.1) is 0 Å². The van der Waals surface area contributed by atoms with E-state index in [0.717, 1.165) is 35.1 Å². The first-order chi connectivity index (χ1) is 15.5. The number of benzene rings is 2. The van der Waals surface area contributed by atoms with Crippen LogP contribution in [0.1, 0.15) is 42.5 Å². The van der Waals surface area contributed by atoms with Crippen LogP contribution in [-0.4, -0.2) is 44.0 Å². The number of carbonyl (C=O) groups is 3. The Hall–Kier alpha value is -3.20. The standard InChI is InChI=1S/C24H27N3O5S/c1-15-4-6-16(7-5-15)21(17-8-9-17)25-20(28)14-27-22(29)24(2,26-23(27)30)18-10-12-19(13-11-18)33(3,31)32/h4-7,10-13,17,21H,8-9,14H2,1-3H3,(H,25,28)(H,26,30). The molecule has 1 saturated heterocycles. The largest absolute Gasteiger partial charge is 0.347 e. The molecule has 4 amide bonds. The van der Waals surface area contributed by atoms with Crippen molar-refractivity contribution >= 4 is 27.7 Å². The first-order valence-corrected chi connectivity index (χ1v) is 12.7. The van der Waals surface area contributed by atoms with Crippen molar-refractivity contribution in [2.45, 2.75) is 43.2 Å². The monoisotopic (exact) mass is 469 g/mol. The van der Waals surface area contributed by atoms with E-state index in [2.05, 4.69) is 10.6 Å². The maximum Gasteiger partial charge on any atom is 0.325 e. The summed E-state index contributed by atoms with van der Waals surface area (Å²) < 4.78 is 23.4. The lowest BCUT2D eigenvalue weighted by atomic mass is 9.92. The molecule has 2 fully saturated rings. The molecular weight excluding hydrogens is 442 g/mol. The van der Waals surface area contributed by atoms with E-state index in [-0.39, 0.29) is 10.9 Å². The van der Waals surface area contributed by atoms with Gasteiger partial charge in [-0.2, -0.15) is 0 Å². The minimum Gasteiger partial charge on any atom is -0.347 e. The third-order valence-electron chi connectivity index (χ3n) is 6.28. The van der Waals surface area contributed by atoms with E-state index >= 15 is 0 Å². The van der Waals surface area contributed by atoms with Crippen LogP contribution in [0.4, 0.5) is 4.79 Å². The fourth-order valence-electron chi connectivity index (χ4n) is 4.11. The van der Waals surface area contributed by atoms with Gasteiger partial charge in [0.05, 0.1) is 10.9 Å². The van der Waals surface area contributed by atoms with Crippen LogP contribution >= 0.6 is 0 Å². The number of imide groups is 1.